The molecule has 2 aromatic rings. The maximum absolute atomic E-state index is 12.5. The summed E-state index contributed by atoms with van der Waals surface area (Å²) >= 11 is 0. The Kier molecular flexibility index (Phi) is 7.23. The molecule has 3 amide bonds. The lowest BCUT2D eigenvalue weighted by Gasteiger charge is -2.27. The summed E-state index contributed by atoms with van der Waals surface area (Å²) in [5.74, 6) is -0.134. The number of nitrogens with zero attached hydrogens (tertiary/aromatic N) is 1. The standard InChI is InChI=1S/C21H28N4O2/c1-15-9-7-8-12-18(15)19(24-21(22)27)13-20(26)23-14-16(2)25(3)17-10-5-4-6-11-17/h4-12,16,19H,13-14H2,1-3H3,(H,23,26)(H3,22,24,27)/t16-,19-/m1/s1. The van der Waals surface area contributed by atoms with Gasteiger partial charge in [0.15, 0.2) is 0 Å². The Morgan fingerprint density at radius 3 is 2.33 bits per heavy atom. The fourth-order valence-electron chi connectivity index (χ4n) is 2.96. The third kappa shape index (κ3) is 6.02. The molecule has 2 atom stereocenters. The van der Waals surface area contributed by atoms with Crippen LogP contribution in [0.15, 0.2) is 54.6 Å². The lowest BCUT2D eigenvalue weighted by molar-refractivity contribution is -0.121. The van der Waals surface area contributed by atoms with Gasteiger partial charge in [0.1, 0.15) is 0 Å². The van der Waals surface area contributed by atoms with Gasteiger partial charge in [-0.15, -0.1) is 0 Å². The summed E-state index contributed by atoms with van der Waals surface area (Å²) in [6.07, 6.45) is 0.134. The molecule has 0 saturated heterocycles. The van der Waals surface area contributed by atoms with E-state index in [1.807, 2.05) is 75.5 Å². The van der Waals surface area contributed by atoms with E-state index in [4.69, 9.17) is 5.73 Å². The minimum atomic E-state index is -0.645. The molecular formula is C21H28N4O2. The van der Waals surface area contributed by atoms with Gasteiger partial charge < -0.3 is 21.3 Å². The molecule has 27 heavy (non-hydrogen) atoms. The van der Waals surface area contributed by atoms with Crippen LogP contribution in [-0.4, -0.2) is 31.6 Å². The molecule has 2 aromatic carbocycles. The second kappa shape index (κ2) is 9.62. The second-order valence-electron chi connectivity index (χ2n) is 6.72. The van der Waals surface area contributed by atoms with E-state index < -0.39 is 12.1 Å². The van der Waals surface area contributed by atoms with Crippen LogP contribution in [0.25, 0.3) is 0 Å². The van der Waals surface area contributed by atoms with Gasteiger partial charge in [0.05, 0.1) is 12.5 Å². The lowest BCUT2D eigenvalue weighted by Crippen LogP contribution is -2.42. The van der Waals surface area contributed by atoms with Crippen molar-refractivity contribution in [1.29, 1.82) is 0 Å². The number of benzene rings is 2. The molecule has 0 radical (unpaired) electrons. The van der Waals surface area contributed by atoms with Crippen molar-refractivity contribution in [3.8, 4) is 0 Å². The van der Waals surface area contributed by atoms with Crippen LogP contribution in [0.5, 0.6) is 0 Å². The van der Waals surface area contributed by atoms with Crippen molar-refractivity contribution < 1.29 is 9.59 Å². The number of urea groups is 1. The quantitative estimate of drug-likeness (QED) is 0.669. The predicted molar refractivity (Wildman–Crippen MR) is 109 cm³/mol. The minimum Gasteiger partial charge on any atom is -0.370 e. The van der Waals surface area contributed by atoms with E-state index in [1.54, 1.807) is 0 Å². The average Bonchev–Trinajstić information content (AvgIpc) is 2.65. The number of nitrogens with one attached hydrogen (secondary N) is 2. The third-order valence-corrected chi connectivity index (χ3v) is 4.69. The van der Waals surface area contributed by atoms with Crippen molar-refractivity contribution >= 4 is 17.6 Å². The first-order valence-electron chi connectivity index (χ1n) is 9.04. The number of primary amides is 1. The SMILES string of the molecule is Cc1ccccc1[C@@H](CC(=O)NC[C@@H](C)N(C)c1ccccc1)NC(N)=O. The number of likely N-dealkylation sites (N-methyl/N-ethyl adjacent to an activating group) is 1. The van der Waals surface area contributed by atoms with Crippen molar-refractivity contribution in [2.45, 2.75) is 32.4 Å². The number of para-hydroxylation sites is 1. The van der Waals surface area contributed by atoms with Crippen LogP contribution in [-0.2, 0) is 4.79 Å². The van der Waals surface area contributed by atoms with E-state index in [-0.39, 0.29) is 18.4 Å². The highest BCUT2D eigenvalue weighted by molar-refractivity contribution is 5.79. The molecule has 6 nitrogen and oxygen atoms in total. The highest BCUT2D eigenvalue weighted by Gasteiger charge is 2.19. The summed E-state index contributed by atoms with van der Waals surface area (Å²) in [5.41, 5.74) is 8.28. The van der Waals surface area contributed by atoms with Gasteiger partial charge in [0, 0.05) is 25.3 Å². The Morgan fingerprint density at radius 1 is 1.07 bits per heavy atom. The Bertz CT molecular complexity index is 764. The Hall–Kier alpha value is -3.02. The van der Waals surface area contributed by atoms with Crippen molar-refractivity contribution in [2.75, 3.05) is 18.5 Å². The number of hydrogen-bond donors (Lipinski definition) is 3. The van der Waals surface area contributed by atoms with E-state index in [0.29, 0.717) is 6.54 Å². The van der Waals surface area contributed by atoms with E-state index >= 15 is 0 Å². The topological polar surface area (TPSA) is 87.5 Å². The highest BCUT2D eigenvalue weighted by atomic mass is 16.2. The fraction of sp³-hybridized carbons (Fsp3) is 0.333. The van der Waals surface area contributed by atoms with Gasteiger partial charge in [-0.05, 0) is 37.1 Å². The first-order chi connectivity index (χ1) is 12.9. The Labute approximate surface area is 160 Å². The van der Waals surface area contributed by atoms with Crippen LogP contribution in [0.2, 0.25) is 0 Å². The maximum Gasteiger partial charge on any atom is 0.312 e. The Balaban J connectivity index is 1.95. The van der Waals surface area contributed by atoms with Crippen molar-refractivity contribution in [1.82, 2.24) is 10.6 Å². The largest absolute Gasteiger partial charge is 0.370 e. The maximum atomic E-state index is 12.5. The molecule has 0 aliphatic heterocycles. The highest BCUT2D eigenvalue weighted by Crippen LogP contribution is 2.20. The molecule has 2 rings (SSSR count). The number of nitrogens with two attached hydrogens (primary N) is 1. The van der Waals surface area contributed by atoms with Crippen LogP contribution in [0, 0.1) is 6.92 Å². The molecule has 0 unspecified atom stereocenters. The molecule has 144 valence electrons. The molecule has 0 fully saturated rings. The van der Waals surface area contributed by atoms with Crippen LogP contribution in [0.1, 0.15) is 30.5 Å². The number of aryl methyl sites for hydroxylation is 1. The monoisotopic (exact) mass is 368 g/mol. The van der Waals surface area contributed by atoms with Gasteiger partial charge in [0.2, 0.25) is 5.91 Å². The summed E-state index contributed by atoms with van der Waals surface area (Å²) in [6.45, 7) is 4.49. The number of amides is 3. The van der Waals surface area contributed by atoms with E-state index in [2.05, 4.69) is 15.5 Å². The number of rotatable bonds is 8. The average molecular weight is 368 g/mol. The third-order valence-electron chi connectivity index (χ3n) is 4.69. The molecular weight excluding hydrogens is 340 g/mol. The smallest absolute Gasteiger partial charge is 0.312 e. The molecule has 6 heteroatoms. The van der Waals surface area contributed by atoms with Gasteiger partial charge >= 0.3 is 6.03 Å². The van der Waals surface area contributed by atoms with Crippen molar-refractivity contribution in [3.05, 3.63) is 65.7 Å². The molecule has 0 aromatic heterocycles. The van der Waals surface area contributed by atoms with E-state index in [0.717, 1.165) is 16.8 Å². The van der Waals surface area contributed by atoms with E-state index in [1.165, 1.54) is 0 Å². The normalized spacial score (nSPS) is 12.7. The predicted octanol–water partition coefficient (Wildman–Crippen LogP) is 2.74. The zero-order valence-corrected chi connectivity index (χ0v) is 16.1. The van der Waals surface area contributed by atoms with Gasteiger partial charge in [-0.3, -0.25) is 4.79 Å². The number of anilines is 1. The zero-order chi connectivity index (χ0) is 19.8. The summed E-state index contributed by atoms with van der Waals surface area (Å²) < 4.78 is 0. The van der Waals surface area contributed by atoms with Crippen LogP contribution >= 0.6 is 0 Å². The number of carbonyl (C=O) groups excluding carboxylic acids is 2. The molecule has 0 aliphatic carbocycles. The van der Waals surface area contributed by atoms with Gasteiger partial charge in [0.25, 0.3) is 0 Å². The summed E-state index contributed by atoms with van der Waals surface area (Å²) in [4.78, 5) is 25.9. The van der Waals surface area contributed by atoms with Crippen molar-refractivity contribution in [3.63, 3.8) is 0 Å². The Morgan fingerprint density at radius 2 is 1.70 bits per heavy atom. The summed E-state index contributed by atoms with van der Waals surface area (Å²) in [6, 6.07) is 16.7. The zero-order valence-electron chi connectivity index (χ0n) is 16.1. The lowest BCUT2D eigenvalue weighted by atomic mass is 9.98. The molecule has 0 saturated carbocycles. The number of hydrogen-bond acceptors (Lipinski definition) is 3. The minimum absolute atomic E-state index is 0.123. The first-order valence-corrected chi connectivity index (χ1v) is 9.04. The second-order valence-corrected chi connectivity index (χ2v) is 6.72. The van der Waals surface area contributed by atoms with E-state index in [9.17, 15) is 9.59 Å². The first kappa shape index (κ1) is 20.3. The van der Waals surface area contributed by atoms with Crippen LogP contribution in [0.3, 0.4) is 0 Å². The number of carbonyl (C=O) groups is 2. The summed E-state index contributed by atoms with van der Waals surface area (Å²) in [7, 11) is 2.00. The molecule has 4 N–H and O–H groups in total. The molecule has 0 aliphatic rings. The fourth-order valence-corrected chi connectivity index (χ4v) is 2.96. The van der Waals surface area contributed by atoms with Gasteiger partial charge in [-0.25, -0.2) is 4.79 Å². The van der Waals surface area contributed by atoms with Crippen molar-refractivity contribution in [2.24, 2.45) is 5.73 Å². The van der Waals surface area contributed by atoms with Crippen LogP contribution < -0.4 is 21.3 Å². The summed E-state index contributed by atoms with van der Waals surface area (Å²) in [5, 5.41) is 5.63. The molecule has 0 spiro atoms. The molecule has 0 bridgehead atoms. The molecule has 0 heterocycles. The van der Waals surface area contributed by atoms with Crippen LogP contribution in [0.4, 0.5) is 10.5 Å². The van der Waals surface area contributed by atoms with Gasteiger partial charge in [-0.2, -0.15) is 0 Å². The van der Waals surface area contributed by atoms with Gasteiger partial charge in [-0.1, -0.05) is 42.5 Å².